The molecule has 1 rings (SSSR count). The molecule has 92 valence electrons. The van der Waals surface area contributed by atoms with Crippen LogP contribution in [0.4, 0.5) is 5.82 Å². The first kappa shape index (κ1) is 13.5. The van der Waals surface area contributed by atoms with Gasteiger partial charge in [-0.15, -0.1) is 0 Å². The fourth-order valence-electron chi connectivity index (χ4n) is 1.19. The Morgan fingerprint density at radius 1 is 1.47 bits per heavy atom. The Morgan fingerprint density at radius 2 is 2.18 bits per heavy atom. The van der Waals surface area contributed by atoms with E-state index in [4.69, 9.17) is 4.74 Å². The van der Waals surface area contributed by atoms with Crippen molar-refractivity contribution in [3.63, 3.8) is 0 Å². The maximum atomic E-state index is 11.5. The maximum absolute atomic E-state index is 11.5. The van der Waals surface area contributed by atoms with Gasteiger partial charge in [0.15, 0.2) is 5.70 Å². The predicted molar refractivity (Wildman–Crippen MR) is 67.4 cm³/mol. The van der Waals surface area contributed by atoms with Crippen molar-refractivity contribution in [3.05, 3.63) is 34.8 Å². The van der Waals surface area contributed by atoms with Crippen LogP contribution in [0.15, 0.2) is 34.8 Å². The van der Waals surface area contributed by atoms with E-state index in [1.807, 2.05) is 6.07 Å². The van der Waals surface area contributed by atoms with Gasteiger partial charge < -0.3 is 14.4 Å². The van der Waals surface area contributed by atoms with E-state index in [1.165, 1.54) is 20.5 Å². The number of hydrogen-bond donors (Lipinski definition) is 0. The molecule has 0 N–H and O–H groups in total. The molecule has 1 aromatic heterocycles. The topological polar surface area (TPSA) is 51.7 Å². The van der Waals surface area contributed by atoms with E-state index >= 15 is 0 Å². The number of esters is 1. The second-order valence-corrected chi connectivity index (χ2v) is 3.92. The second-order valence-electron chi connectivity index (χ2n) is 3.11. The second kappa shape index (κ2) is 6.24. The van der Waals surface area contributed by atoms with Crippen LogP contribution in [0.5, 0.6) is 0 Å². The molecular formula is C11H13BrN2O3. The van der Waals surface area contributed by atoms with Crippen molar-refractivity contribution in [2.45, 2.75) is 0 Å². The van der Waals surface area contributed by atoms with Crippen molar-refractivity contribution >= 4 is 27.7 Å². The lowest BCUT2D eigenvalue weighted by molar-refractivity contribution is -0.136. The maximum Gasteiger partial charge on any atom is 0.357 e. The third kappa shape index (κ3) is 3.45. The fraction of sp³-hybridized carbons (Fsp3) is 0.273. The van der Waals surface area contributed by atoms with Crippen molar-refractivity contribution in [2.24, 2.45) is 0 Å². The summed E-state index contributed by atoms with van der Waals surface area (Å²) in [6, 6.07) is 5.40. The number of methoxy groups -OCH3 is 2. The molecular weight excluding hydrogens is 288 g/mol. The Kier molecular flexibility index (Phi) is 4.96. The number of rotatable bonds is 4. The lowest BCUT2D eigenvalue weighted by Crippen LogP contribution is -2.25. The van der Waals surface area contributed by atoms with Gasteiger partial charge in [-0.25, -0.2) is 9.78 Å². The highest BCUT2D eigenvalue weighted by molar-refractivity contribution is 9.10. The molecule has 0 fully saturated rings. The smallest absolute Gasteiger partial charge is 0.357 e. The molecule has 0 aromatic carbocycles. The van der Waals surface area contributed by atoms with E-state index in [1.54, 1.807) is 24.1 Å². The van der Waals surface area contributed by atoms with Crippen LogP contribution < -0.4 is 4.90 Å². The standard InChI is InChI=1S/C11H13BrN2O3/c1-14(8(7-16-2)11(15)17-3)10-6-4-5-9(12)13-10/h4-7H,1-3H3/b8-7-. The zero-order valence-electron chi connectivity index (χ0n) is 9.81. The van der Waals surface area contributed by atoms with E-state index in [-0.39, 0.29) is 5.70 Å². The third-order valence-electron chi connectivity index (χ3n) is 2.03. The normalized spacial score (nSPS) is 10.9. The van der Waals surface area contributed by atoms with Crippen LogP contribution in [-0.2, 0) is 14.3 Å². The number of carbonyl (C=O) groups is 1. The Labute approximate surface area is 108 Å². The number of halogens is 1. The van der Waals surface area contributed by atoms with Gasteiger partial charge in [0.2, 0.25) is 0 Å². The highest BCUT2D eigenvalue weighted by Gasteiger charge is 2.17. The van der Waals surface area contributed by atoms with Crippen molar-refractivity contribution in [2.75, 3.05) is 26.2 Å². The molecule has 0 aliphatic heterocycles. The molecule has 6 heteroatoms. The van der Waals surface area contributed by atoms with Gasteiger partial charge in [-0.1, -0.05) is 6.07 Å². The summed E-state index contributed by atoms with van der Waals surface area (Å²) in [5, 5.41) is 0. The van der Waals surface area contributed by atoms with Crippen LogP contribution in [0.1, 0.15) is 0 Å². The third-order valence-corrected chi connectivity index (χ3v) is 2.47. The number of hydrogen-bond acceptors (Lipinski definition) is 5. The number of aromatic nitrogens is 1. The number of likely N-dealkylation sites (N-methyl/N-ethyl adjacent to an activating group) is 1. The van der Waals surface area contributed by atoms with E-state index < -0.39 is 5.97 Å². The minimum Gasteiger partial charge on any atom is -0.502 e. The largest absolute Gasteiger partial charge is 0.502 e. The highest BCUT2D eigenvalue weighted by Crippen LogP contribution is 2.18. The Balaban J connectivity index is 3.04. The van der Waals surface area contributed by atoms with Gasteiger partial charge in [-0.2, -0.15) is 0 Å². The predicted octanol–water partition coefficient (Wildman–Crippen LogP) is 1.94. The average Bonchev–Trinajstić information content (AvgIpc) is 2.34. The van der Waals surface area contributed by atoms with Gasteiger partial charge in [-0.05, 0) is 28.1 Å². The fourth-order valence-corrected chi connectivity index (χ4v) is 1.52. The van der Waals surface area contributed by atoms with Crippen molar-refractivity contribution < 1.29 is 14.3 Å². The summed E-state index contributed by atoms with van der Waals surface area (Å²) in [4.78, 5) is 17.4. The summed E-state index contributed by atoms with van der Waals surface area (Å²) in [7, 11) is 4.48. The lowest BCUT2D eigenvalue weighted by atomic mass is 10.4. The molecule has 0 spiro atoms. The zero-order valence-corrected chi connectivity index (χ0v) is 11.4. The molecule has 0 saturated heterocycles. The van der Waals surface area contributed by atoms with Crippen molar-refractivity contribution in [1.82, 2.24) is 4.98 Å². The summed E-state index contributed by atoms with van der Waals surface area (Å²) >= 11 is 3.27. The summed E-state index contributed by atoms with van der Waals surface area (Å²) in [5.74, 6) is 0.115. The molecule has 0 saturated carbocycles. The zero-order chi connectivity index (χ0) is 12.8. The summed E-state index contributed by atoms with van der Waals surface area (Å²) in [6.07, 6.45) is 1.31. The molecule has 0 aliphatic rings. The van der Waals surface area contributed by atoms with Crippen LogP contribution in [0.25, 0.3) is 0 Å². The molecule has 0 unspecified atom stereocenters. The SMILES string of the molecule is CO/C=C(/C(=O)OC)N(C)c1cccc(Br)n1. The number of pyridine rings is 1. The first-order chi connectivity index (χ1) is 8.10. The van der Waals surface area contributed by atoms with Gasteiger partial charge in [0.25, 0.3) is 0 Å². The lowest BCUT2D eigenvalue weighted by Gasteiger charge is -2.19. The Morgan fingerprint density at radius 3 is 2.71 bits per heavy atom. The summed E-state index contributed by atoms with van der Waals surface area (Å²) in [5.41, 5.74) is 0.264. The summed E-state index contributed by atoms with van der Waals surface area (Å²) in [6.45, 7) is 0. The van der Waals surface area contributed by atoms with E-state index in [0.29, 0.717) is 10.4 Å². The van der Waals surface area contributed by atoms with E-state index in [0.717, 1.165) is 0 Å². The number of carbonyl (C=O) groups excluding carboxylic acids is 1. The molecule has 5 nitrogen and oxygen atoms in total. The molecule has 0 aliphatic carbocycles. The average molecular weight is 301 g/mol. The quantitative estimate of drug-likeness (QED) is 0.368. The highest BCUT2D eigenvalue weighted by atomic mass is 79.9. The number of anilines is 1. The molecule has 0 bridgehead atoms. The van der Waals surface area contributed by atoms with E-state index in [9.17, 15) is 4.79 Å². The minimum absolute atomic E-state index is 0.264. The number of nitrogens with zero attached hydrogens (tertiary/aromatic N) is 2. The minimum atomic E-state index is -0.490. The van der Waals surface area contributed by atoms with Gasteiger partial charge in [0.05, 0.1) is 14.2 Å². The molecule has 0 atom stereocenters. The van der Waals surface area contributed by atoms with Crippen LogP contribution in [0, 0.1) is 0 Å². The van der Waals surface area contributed by atoms with E-state index in [2.05, 4.69) is 25.7 Å². The number of ether oxygens (including phenoxy) is 2. The summed E-state index contributed by atoms with van der Waals surface area (Å²) < 4.78 is 10.2. The van der Waals surface area contributed by atoms with Crippen LogP contribution in [-0.4, -0.2) is 32.2 Å². The molecule has 0 radical (unpaired) electrons. The molecule has 17 heavy (non-hydrogen) atoms. The van der Waals surface area contributed by atoms with Crippen LogP contribution in [0.3, 0.4) is 0 Å². The van der Waals surface area contributed by atoms with Gasteiger partial charge in [-0.3, -0.25) is 0 Å². The van der Waals surface area contributed by atoms with Crippen molar-refractivity contribution in [1.29, 1.82) is 0 Å². The molecule has 0 amide bonds. The van der Waals surface area contributed by atoms with Gasteiger partial charge in [0.1, 0.15) is 16.7 Å². The Bertz CT molecular complexity index is 434. The van der Waals surface area contributed by atoms with Crippen LogP contribution in [0.2, 0.25) is 0 Å². The monoisotopic (exact) mass is 300 g/mol. The molecule has 1 heterocycles. The molecule has 1 aromatic rings. The Hall–Kier alpha value is -1.56. The van der Waals surface area contributed by atoms with Gasteiger partial charge in [0, 0.05) is 7.05 Å². The first-order valence-corrected chi connectivity index (χ1v) is 5.57. The van der Waals surface area contributed by atoms with Crippen molar-refractivity contribution in [3.8, 4) is 0 Å². The van der Waals surface area contributed by atoms with Gasteiger partial charge >= 0.3 is 5.97 Å². The first-order valence-electron chi connectivity index (χ1n) is 4.77. The van der Waals surface area contributed by atoms with Crippen LogP contribution >= 0.6 is 15.9 Å².